The van der Waals surface area contributed by atoms with Crippen LogP contribution in [0, 0.1) is 0 Å². The molecule has 5 heteroatoms. The Hall–Kier alpha value is -1.98. The van der Waals surface area contributed by atoms with Crippen LogP contribution in [0.2, 0.25) is 0 Å². The summed E-state index contributed by atoms with van der Waals surface area (Å²) in [7, 11) is 0. The van der Waals surface area contributed by atoms with Gasteiger partial charge in [0.25, 0.3) is 5.91 Å². The standard InChI is InChI=1S/C14H13NO3S/c16-14(12-6-2-1-3-7-12)15-13-8-4-5-11(9-13)10-19(17)18/h1-9H,10H2,(H,15,16)(H,17,18). The zero-order valence-corrected chi connectivity index (χ0v) is 10.9. The van der Waals surface area contributed by atoms with E-state index in [1.165, 1.54) is 0 Å². The van der Waals surface area contributed by atoms with Crippen LogP contribution in [-0.2, 0) is 16.8 Å². The smallest absolute Gasteiger partial charge is 0.255 e. The third-order valence-corrected chi connectivity index (χ3v) is 3.09. The molecule has 4 nitrogen and oxygen atoms in total. The van der Waals surface area contributed by atoms with E-state index < -0.39 is 11.1 Å². The van der Waals surface area contributed by atoms with Gasteiger partial charge < -0.3 is 9.87 Å². The molecule has 0 radical (unpaired) electrons. The Morgan fingerprint density at radius 1 is 1.11 bits per heavy atom. The summed E-state index contributed by atoms with van der Waals surface area (Å²) < 4.78 is 19.6. The van der Waals surface area contributed by atoms with Crippen LogP contribution in [0.3, 0.4) is 0 Å². The Labute approximate surface area is 113 Å². The highest BCUT2D eigenvalue weighted by atomic mass is 32.2. The van der Waals surface area contributed by atoms with E-state index in [9.17, 15) is 9.00 Å². The predicted molar refractivity (Wildman–Crippen MR) is 75.3 cm³/mol. The molecule has 0 bridgehead atoms. The quantitative estimate of drug-likeness (QED) is 0.843. The third-order valence-electron chi connectivity index (χ3n) is 2.51. The maximum atomic E-state index is 11.9. The van der Waals surface area contributed by atoms with Crippen LogP contribution >= 0.6 is 0 Å². The molecule has 0 aliphatic rings. The van der Waals surface area contributed by atoms with Crippen molar-refractivity contribution in [3.8, 4) is 0 Å². The van der Waals surface area contributed by atoms with Gasteiger partial charge in [-0.2, -0.15) is 0 Å². The molecular weight excluding hydrogens is 262 g/mol. The molecule has 2 rings (SSSR count). The van der Waals surface area contributed by atoms with E-state index in [4.69, 9.17) is 4.55 Å². The van der Waals surface area contributed by atoms with Crippen molar-refractivity contribution in [1.29, 1.82) is 0 Å². The number of hydrogen-bond donors (Lipinski definition) is 2. The molecule has 0 saturated carbocycles. The lowest BCUT2D eigenvalue weighted by Gasteiger charge is -2.06. The lowest BCUT2D eigenvalue weighted by Crippen LogP contribution is -2.11. The minimum Gasteiger partial charge on any atom is -0.322 e. The van der Waals surface area contributed by atoms with Gasteiger partial charge in [-0.05, 0) is 29.8 Å². The van der Waals surface area contributed by atoms with Gasteiger partial charge in [0, 0.05) is 11.3 Å². The molecular formula is C14H13NO3S. The van der Waals surface area contributed by atoms with Gasteiger partial charge in [-0.25, -0.2) is 4.21 Å². The first-order valence-corrected chi connectivity index (χ1v) is 6.95. The Bertz CT molecular complexity index is 599. The zero-order valence-electron chi connectivity index (χ0n) is 10.1. The summed E-state index contributed by atoms with van der Waals surface area (Å²) in [5.41, 5.74) is 1.88. The minimum absolute atomic E-state index is 0.0506. The molecule has 98 valence electrons. The number of amides is 1. The number of rotatable bonds is 4. The number of anilines is 1. The SMILES string of the molecule is O=C(Nc1cccc(CS(=O)O)c1)c1ccccc1. The summed E-state index contributed by atoms with van der Waals surface area (Å²) in [5, 5.41) is 2.75. The first-order chi connectivity index (χ1) is 9.15. The fourth-order valence-corrected chi connectivity index (χ4v) is 2.14. The molecule has 0 aliphatic carbocycles. The molecule has 2 aromatic rings. The zero-order chi connectivity index (χ0) is 13.7. The van der Waals surface area contributed by atoms with Crippen molar-refractivity contribution in [2.75, 3.05) is 5.32 Å². The molecule has 1 unspecified atom stereocenters. The molecule has 0 heterocycles. The summed E-state index contributed by atoms with van der Waals surface area (Å²) in [6.45, 7) is 0. The number of carbonyl (C=O) groups excluding carboxylic acids is 1. The molecule has 2 aromatic carbocycles. The van der Waals surface area contributed by atoms with Crippen LogP contribution < -0.4 is 5.32 Å². The Kier molecular flexibility index (Phi) is 4.43. The van der Waals surface area contributed by atoms with Gasteiger partial charge in [-0.3, -0.25) is 4.79 Å². The highest BCUT2D eigenvalue weighted by Gasteiger charge is 2.06. The maximum absolute atomic E-state index is 11.9. The number of hydrogen-bond acceptors (Lipinski definition) is 2. The van der Waals surface area contributed by atoms with E-state index in [2.05, 4.69) is 5.32 Å². The van der Waals surface area contributed by atoms with E-state index >= 15 is 0 Å². The topological polar surface area (TPSA) is 66.4 Å². The van der Waals surface area contributed by atoms with Crippen LogP contribution in [0.5, 0.6) is 0 Å². The Morgan fingerprint density at radius 3 is 2.53 bits per heavy atom. The molecule has 1 atom stereocenters. The summed E-state index contributed by atoms with van der Waals surface area (Å²) in [4.78, 5) is 11.9. The van der Waals surface area contributed by atoms with Crippen molar-refractivity contribution in [2.24, 2.45) is 0 Å². The molecule has 19 heavy (non-hydrogen) atoms. The lowest BCUT2D eigenvalue weighted by molar-refractivity contribution is 0.102. The average Bonchev–Trinajstić information content (AvgIpc) is 2.39. The van der Waals surface area contributed by atoms with Gasteiger partial charge in [0.1, 0.15) is 0 Å². The lowest BCUT2D eigenvalue weighted by atomic mass is 10.2. The highest BCUT2D eigenvalue weighted by molar-refractivity contribution is 7.78. The monoisotopic (exact) mass is 275 g/mol. The second-order valence-corrected chi connectivity index (χ2v) is 4.92. The Balaban J connectivity index is 2.11. The fourth-order valence-electron chi connectivity index (χ4n) is 1.67. The van der Waals surface area contributed by atoms with Crippen molar-refractivity contribution in [1.82, 2.24) is 0 Å². The molecule has 2 N–H and O–H groups in total. The first-order valence-electron chi connectivity index (χ1n) is 5.68. The van der Waals surface area contributed by atoms with E-state index in [0.29, 0.717) is 16.8 Å². The number of benzene rings is 2. The van der Waals surface area contributed by atoms with Crippen molar-refractivity contribution in [3.05, 3.63) is 65.7 Å². The normalized spacial score (nSPS) is 11.8. The van der Waals surface area contributed by atoms with Crippen molar-refractivity contribution < 1.29 is 13.6 Å². The second-order valence-electron chi connectivity index (χ2n) is 3.99. The number of carbonyl (C=O) groups is 1. The van der Waals surface area contributed by atoms with Crippen molar-refractivity contribution in [2.45, 2.75) is 5.75 Å². The highest BCUT2D eigenvalue weighted by Crippen LogP contribution is 2.13. The summed E-state index contributed by atoms with van der Waals surface area (Å²) in [5.74, 6) is -0.155. The molecule has 0 saturated heterocycles. The number of nitrogens with one attached hydrogen (secondary N) is 1. The van der Waals surface area contributed by atoms with E-state index in [1.54, 1.807) is 48.5 Å². The van der Waals surface area contributed by atoms with Crippen molar-refractivity contribution in [3.63, 3.8) is 0 Å². The minimum atomic E-state index is -1.89. The Morgan fingerprint density at radius 2 is 1.84 bits per heavy atom. The molecule has 1 amide bonds. The van der Waals surface area contributed by atoms with Crippen LogP contribution in [0.25, 0.3) is 0 Å². The average molecular weight is 275 g/mol. The van der Waals surface area contributed by atoms with Gasteiger partial charge >= 0.3 is 0 Å². The molecule has 0 aliphatic heterocycles. The van der Waals surface area contributed by atoms with Gasteiger partial charge in [0.15, 0.2) is 11.1 Å². The molecule has 0 spiro atoms. The van der Waals surface area contributed by atoms with Gasteiger partial charge in [0.2, 0.25) is 0 Å². The fraction of sp³-hybridized carbons (Fsp3) is 0.0714. The van der Waals surface area contributed by atoms with Crippen LogP contribution in [0.1, 0.15) is 15.9 Å². The van der Waals surface area contributed by atoms with E-state index in [0.717, 1.165) is 0 Å². The van der Waals surface area contributed by atoms with Gasteiger partial charge in [-0.1, -0.05) is 30.3 Å². The third kappa shape index (κ3) is 4.01. The largest absolute Gasteiger partial charge is 0.322 e. The first kappa shape index (κ1) is 13.5. The van der Waals surface area contributed by atoms with E-state index in [-0.39, 0.29) is 11.7 Å². The summed E-state index contributed by atoms with van der Waals surface area (Å²) in [6.07, 6.45) is 0. The summed E-state index contributed by atoms with van der Waals surface area (Å²) >= 11 is -1.89. The molecule has 0 fully saturated rings. The maximum Gasteiger partial charge on any atom is 0.255 e. The van der Waals surface area contributed by atoms with Gasteiger partial charge in [0.05, 0.1) is 5.75 Å². The molecule has 0 aromatic heterocycles. The van der Waals surface area contributed by atoms with Crippen molar-refractivity contribution >= 4 is 22.7 Å². The predicted octanol–water partition coefficient (Wildman–Crippen LogP) is 2.66. The van der Waals surface area contributed by atoms with E-state index in [1.807, 2.05) is 6.07 Å². The van der Waals surface area contributed by atoms with Crippen LogP contribution in [-0.4, -0.2) is 14.7 Å². The van der Waals surface area contributed by atoms with Crippen LogP contribution in [0.4, 0.5) is 5.69 Å². The summed E-state index contributed by atoms with van der Waals surface area (Å²) in [6, 6.07) is 15.8. The van der Waals surface area contributed by atoms with Crippen LogP contribution in [0.15, 0.2) is 54.6 Å². The van der Waals surface area contributed by atoms with Gasteiger partial charge in [-0.15, -0.1) is 0 Å². The second kappa shape index (κ2) is 6.26.